The average molecular weight is 217 g/mol. The van der Waals surface area contributed by atoms with E-state index in [1.807, 2.05) is 0 Å². The van der Waals surface area contributed by atoms with Gasteiger partial charge in [-0.05, 0) is 30.3 Å². The molecule has 2 rings (SSSR count). The number of thioether (sulfide) groups is 1. The molecule has 2 aliphatic rings. The predicted molar refractivity (Wildman–Crippen MR) is 58.3 cm³/mol. The highest BCUT2D eigenvalue weighted by atomic mass is 32.2. The molecule has 2 aliphatic heterocycles. The smallest absolute Gasteiger partial charge is 0.158 e. The molecule has 4 heteroatoms. The second-order valence-corrected chi connectivity index (χ2v) is 5.23. The van der Waals surface area contributed by atoms with Crippen molar-refractivity contribution in [1.82, 2.24) is 0 Å². The molecule has 0 aromatic carbocycles. The van der Waals surface area contributed by atoms with Crippen molar-refractivity contribution >= 4 is 11.8 Å². The third kappa shape index (κ3) is 2.86. The highest BCUT2D eigenvalue weighted by Gasteiger charge is 2.28. The molecular formula is C10H19NO2S. The van der Waals surface area contributed by atoms with Crippen LogP contribution in [-0.4, -0.2) is 37.1 Å². The van der Waals surface area contributed by atoms with E-state index < -0.39 is 0 Å². The molecule has 0 aliphatic carbocycles. The highest BCUT2D eigenvalue weighted by Crippen LogP contribution is 2.28. The minimum absolute atomic E-state index is 0.0206. The summed E-state index contributed by atoms with van der Waals surface area (Å²) in [5.41, 5.74) is 5.52. The fourth-order valence-electron chi connectivity index (χ4n) is 2.02. The maximum Gasteiger partial charge on any atom is 0.158 e. The first kappa shape index (κ1) is 10.7. The molecule has 2 fully saturated rings. The molecule has 2 heterocycles. The Bertz CT molecular complexity index is 174. The van der Waals surface area contributed by atoms with Crippen molar-refractivity contribution in [3.8, 4) is 0 Å². The van der Waals surface area contributed by atoms with Gasteiger partial charge in [-0.3, -0.25) is 0 Å². The Kier molecular flexibility index (Phi) is 4.10. The van der Waals surface area contributed by atoms with Crippen LogP contribution < -0.4 is 5.73 Å². The number of rotatable bonds is 3. The lowest BCUT2D eigenvalue weighted by atomic mass is 10.0. The van der Waals surface area contributed by atoms with Crippen LogP contribution in [0.5, 0.6) is 0 Å². The van der Waals surface area contributed by atoms with E-state index in [0.717, 1.165) is 12.3 Å². The fraction of sp³-hybridized carbons (Fsp3) is 1.00. The van der Waals surface area contributed by atoms with E-state index in [9.17, 15) is 0 Å². The van der Waals surface area contributed by atoms with Gasteiger partial charge in [0.1, 0.15) is 0 Å². The number of ether oxygens (including phenoxy) is 2. The summed E-state index contributed by atoms with van der Waals surface area (Å²) in [5.74, 6) is 3.39. The van der Waals surface area contributed by atoms with Crippen molar-refractivity contribution < 1.29 is 9.47 Å². The second-order valence-electron chi connectivity index (χ2n) is 4.08. The van der Waals surface area contributed by atoms with Gasteiger partial charge in [-0.15, -0.1) is 0 Å². The Morgan fingerprint density at radius 3 is 3.00 bits per heavy atom. The molecule has 0 spiro atoms. The monoisotopic (exact) mass is 217 g/mol. The summed E-state index contributed by atoms with van der Waals surface area (Å²) in [7, 11) is 0. The first-order chi connectivity index (χ1) is 6.88. The van der Waals surface area contributed by atoms with Crippen molar-refractivity contribution in [3.05, 3.63) is 0 Å². The Hall–Kier alpha value is 0.230. The molecule has 3 unspecified atom stereocenters. The predicted octanol–water partition coefficient (Wildman–Crippen LogP) is 1.22. The summed E-state index contributed by atoms with van der Waals surface area (Å²) in [4.78, 5) is 0. The quantitative estimate of drug-likeness (QED) is 0.772. The van der Waals surface area contributed by atoms with Crippen LogP contribution in [-0.2, 0) is 9.47 Å². The number of hydrogen-bond donors (Lipinski definition) is 1. The molecule has 2 saturated heterocycles. The molecule has 0 amide bonds. The van der Waals surface area contributed by atoms with Crippen LogP contribution in [0.3, 0.4) is 0 Å². The molecule has 14 heavy (non-hydrogen) atoms. The lowest BCUT2D eigenvalue weighted by Crippen LogP contribution is -2.24. The van der Waals surface area contributed by atoms with Gasteiger partial charge in [0.25, 0.3) is 0 Å². The Morgan fingerprint density at radius 2 is 2.36 bits per heavy atom. The minimum Gasteiger partial charge on any atom is -0.350 e. The van der Waals surface area contributed by atoms with Gasteiger partial charge in [0.15, 0.2) is 6.29 Å². The van der Waals surface area contributed by atoms with Gasteiger partial charge in [-0.1, -0.05) is 0 Å². The van der Waals surface area contributed by atoms with E-state index >= 15 is 0 Å². The van der Waals surface area contributed by atoms with Gasteiger partial charge >= 0.3 is 0 Å². The lowest BCUT2D eigenvalue weighted by molar-refractivity contribution is -0.0689. The van der Waals surface area contributed by atoms with E-state index in [0.29, 0.717) is 13.2 Å². The van der Waals surface area contributed by atoms with E-state index in [1.54, 1.807) is 0 Å². The first-order valence-corrected chi connectivity index (χ1v) is 6.59. The molecule has 0 saturated carbocycles. The largest absolute Gasteiger partial charge is 0.350 e. The zero-order valence-corrected chi connectivity index (χ0v) is 9.30. The number of hydrogen-bond acceptors (Lipinski definition) is 4. The maximum atomic E-state index is 5.66. The SMILES string of the molecule is NCC1COC(CC2CCCSC2)O1. The zero-order chi connectivity index (χ0) is 9.80. The Balaban J connectivity index is 1.69. The summed E-state index contributed by atoms with van der Waals surface area (Å²) >= 11 is 2.06. The Morgan fingerprint density at radius 1 is 1.43 bits per heavy atom. The van der Waals surface area contributed by atoms with Crippen molar-refractivity contribution in [2.24, 2.45) is 11.7 Å². The first-order valence-electron chi connectivity index (χ1n) is 5.43. The van der Waals surface area contributed by atoms with Gasteiger partial charge in [-0.2, -0.15) is 11.8 Å². The maximum absolute atomic E-state index is 5.66. The minimum atomic E-state index is 0.0206. The summed E-state index contributed by atoms with van der Waals surface area (Å²) in [6.45, 7) is 1.26. The van der Waals surface area contributed by atoms with Gasteiger partial charge in [0, 0.05) is 13.0 Å². The lowest BCUT2D eigenvalue weighted by Gasteiger charge is -2.23. The molecule has 2 N–H and O–H groups in total. The number of nitrogens with two attached hydrogens (primary N) is 1. The second kappa shape index (κ2) is 5.35. The van der Waals surface area contributed by atoms with Crippen molar-refractivity contribution in [1.29, 1.82) is 0 Å². The van der Waals surface area contributed by atoms with E-state index in [1.165, 1.54) is 24.3 Å². The van der Waals surface area contributed by atoms with Crippen molar-refractivity contribution in [3.63, 3.8) is 0 Å². The topological polar surface area (TPSA) is 44.5 Å². The fourth-order valence-corrected chi connectivity index (χ4v) is 3.19. The molecular weight excluding hydrogens is 198 g/mol. The van der Waals surface area contributed by atoms with Gasteiger partial charge in [0.2, 0.25) is 0 Å². The summed E-state index contributed by atoms with van der Waals surface area (Å²) in [5, 5.41) is 0. The Labute approximate surface area is 89.7 Å². The summed E-state index contributed by atoms with van der Waals surface area (Å²) in [6, 6.07) is 0. The normalized spacial score (nSPS) is 38.8. The van der Waals surface area contributed by atoms with Gasteiger partial charge in [-0.25, -0.2) is 0 Å². The summed E-state index contributed by atoms with van der Waals surface area (Å²) < 4.78 is 11.2. The van der Waals surface area contributed by atoms with Crippen molar-refractivity contribution in [2.75, 3.05) is 24.7 Å². The van der Waals surface area contributed by atoms with Crippen LogP contribution in [0.1, 0.15) is 19.3 Å². The van der Waals surface area contributed by atoms with Crippen molar-refractivity contribution in [2.45, 2.75) is 31.7 Å². The van der Waals surface area contributed by atoms with E-state index in [-0.39, 0.29) is 12.4 Å². The van der Waals surface area contributed by atoms with E-state index in [2.05, 4.69) is 11.8 Å². The molecule has 0 aromatic rings. The molecule has 0 radical (unpaired) electrons. The van der Waals surface area contributed by atoms with Crippen LogP contribution in [0, 0.1) is 5.92 Å². The van der Waals surface area contributed by atoms with Gasteiger partial charge in [0.05, 0.1) is 12.7 Å². The third-order valence-electron chi connectivity index (χ3n) is 2.86. The van der Waals surface area contributed by atoms with Crippen LogP contribution in [0.2, 0.25) is 0 Å². The molecule has 0 bridgehead atoms. The highest BCUT2D eigenvalue weighted by molar-refractivity contribution is 7.99. The summed E-state index contributed by atoms with van der Waals surface area (Å²) in [6.07, 6.45) is 3.90. The van der Waals surface area contributed by atoms with Crippen LogP contribution in [0.4, 0.5) is 0 Å². The van der Waals surface area contributed by atoms with E-state index in [4.69, 9.17) is 15.2 Å². The zero-order valence-electron chi connectivity index (χ0n) is 8.48. The van der Waals surface area contributed by atoms with Crippen LogP contribution in [0.25, 0.3) is 0 Å². The van der Waals surface area contributed by atoms with Crippen LogP contribution in [0.15, 0.2) is 0 Å². The molecule has 82 valence electrons. The molecule has 3 atom stereocenters. The third-order valence-corrected chi connectivity index (χ3v) is 4.14. The standard InChI is InChI=1S/C10H19NO2S/c11-5-9-6-12-10(13-9)4-8-2-1-3-14-7-8/h8-10H,1-7,11H2. The molecule has 3 nitrogen and oxygen atoms in total. The molecule has 0 aromatic heterocycles. The van der Waals surface area contributed by atoms with Gasteiger partial charge < -0.3 is 15.2 Å². The average Bonchev–Trinajstić information content (AvgIpc) is 2.67. The van der Waals surface area contributed by atoms with Crippen LogP contribution >= 0.6 is 11.8 Å².